The lowest BCUT2D eigenvalue weighted by Gasteiger charge is -2.42. The summed E-state index contributed by atoms with van der Waals surface area (Å²) in [5.41, 5.74) is 2.68. The van der Waals surface area contributed by atoms with Gasteiger partial charge in [0.05, 0.1) is 23.9 Å². The quantitative estimate of drug-likeness (QED) is 0.789. The van der Waals surface area contributed by atoms with Gasteiger partial charge in [0.25, 0.3) is 5.91 Å². The summed E-state index contributed by atoms with van der Waals surface area (Å²) in [6.45, 7) is 0. The van der Waals surface area contributed by atoms with Gasteiger partial charge < -0.3 is 15.4 Å². The number of methoxy groups -OCH3 is 1. The Kier molecular flexibility index (Phi) is 3.44. The third-order valence-electron chi connectivity index (χ3n) is 5.12. The molecule has 1 spiro atoms. The minimum Gasteiger partial charge on any atom is -0.465 e. The van der Waals surface area contributed by atoms with Crippen molar-refractivity contribution in [2.45, 2.75) is 37.8 Å². The lowest BCUT2D eigenvalue weighted by molar-refractivity contribution is 0.0603. The molecule has 0 bridgehead atoms. The summed E-state index contributed by atoms with van der Waals surface area (Å²) in [5.74, 6) is -0.530. The Hall–Kier alpha value is -2.56. The van der Waals surface area contributed by atoms with E-state index in [4.69, 9.17) is 4.74 Å². The smallest absolute Gasteiger partial charge is 0.340 e. The van der Waals surface area contributed by atoms with Gasteiger partial charge in [-0.15, -0.1) is 0 Å². The van der Waals surface area contributed by atoms with E-state index < -0.39 is 11.6 Å². The summed E-state index contributed by atoms with van der Waals surface area (Å²) in [6.07, 6.45) is 5.04. The fraction of sp³-hybridized carbons (Fsp3) is 0.368. The van der Waals surface area contributed by atoms with Crippen molar-refractivity contribution >= 4 is 17.6 Å². The van der Waals surface area contributed by atoms with Gasteiger partial charge in [-0.3, -0.25) is 4.79 Å². The van der Waals surface area contributed by atoms with Crippen molar-refractivity contribution in [3.05, 3.63) is 41.5 Å². The average Bonchev–Trinajstić information content (AvgIpc) is 2.71. The van der Waals surface area contributed by atoms with Crippen LogP contribution in [0.4, 0.5) is 5.69 Å². The molecule has 1 aliphatic heterocycles. The Morgan fingerprint density at radius 3 is 2.46 bits per heavy atom. The zero-order valence-electron chi connectivity index (χ0n) is 13.6. The van der Waals surface area contributed by atoms with E-state index in [1.165, 1.54) is 13.5 Å². The lowest BCUT2D eigenvalue weighted by atomic mass is 9.86. The van der Waals surface area contributed by atoms with E-state index in [1.54, 1.807) is 0 Å². The molecular formula is C19H20N2O3. The van der Waals surface area contributed by atoms with Crippen LogP contribution in [0.2, 0.25) is 0 Å². The number of amides is 1. The standard InChI is InChI=1S/C19H20N2O3/c1-24-18(23)15-13-9-5-2-4-8-12(13)14-16(15)20-19(21-17(14)22)10-6-3-7-11-19/h2,4-5,8-9,20H,3,6-7,10-11H2,1H3,(H,21,22). The third kappa shape index (κ3) is 2.15. The van der Waals surface area contributed by atoms with Crippen LogP contribution in [0.15, 0.2) is 30.3 Å². The molecule has 1 heterocycles. The summed E-state index contributed by atoms with van der Waals surface area (Å²) >= 11 is 0. The summed E-state index contributed by atoms with van der Waals surface area (Å²) in [5, 5.41) is 6.65. The Morgan fingerprint density at radius 2 is 1.75 bits per heavy atom. The maximum atomic E-state index is 12.9. The van der Waals surface area contributed by atoms with Gasteiger partial charge in [-0.25, -0.2) is 4.79 Å². The highest BCUT2D eigenvalue weighted by Crippen LogP contribution is 2.45. The second-order valence-electron chi connectivity index (χ2n) is 6.58. The summed E-state index contributed by atoms with van der Waals surface area (Å²) in [6, 6.07) is 9.36. The Bertz CT molecular complexity index is 793. The van der Waals surface area contributed by atoms with Crippen LogP contribution < -0.4 is 10.6 Å². The average molecular weight is 324 g/mol. The van der Waals surface area contributed by atoms with E-state index in [-0.39, 0.29) is 5.91 Å². The van der Waals surface area contributed by atoms with Crippen molar-refractivity contribution in [2.24, 2.45) is 0 Å². The lowest BCUT2D eigenvalue weighted by Crippen LogP contribution is -2.58. The first-order chi connectivity index (χ1) is 11.7. The minimum absolute atomic E-state index is 0.114. The molecule has 3 aliphatic carbocycles. The second kappa shape index (κ2) is 5.51. The van der Waals surface area contributed by atoms with Crippen LogP contribution in [-0.4, -0.2) is 24.6 Å². The first kappa shape index (κ1) is 15.0. The molecule has 24 heavy (non-hydrogen) atoms. The molecule has 0 aromatic rings. The van der Waals surface area contributed by atoms with Crippen molar-refractivity contribution in [2.75, 3.05) is 12.4 Å². The van der Waals surface area contributed by atoms with E-state index in [0.29, 0.717) is 16.8 Å². The Morgan fingerprint density at radius 1 is 1.04 bits per heavy atom. The van der Waals surface area contributed by atoms with E-state index in [1.807, 2.05) is 30.3 Å². The molecule has 1 fully saturated rings. The molecule has 0 aromatic heterocycles. The molecule has 5 nitrogen and oxygen atoms in total. The number of carbonyl (C=O) groups is 2. The van der Waals surface area contributed by atoms with Gasteiger partial charge in [-0.05, 0) is 36.8 Å². The number of fused-ring (bicyclic) bond motifs is 3. The summed E-state index contributed by atoms with van der Waals surface area (Å²) in [7, 11) is 1.37. The Labute approximate surface area is 140 Å². The van der Waals surface area contributed by atoms with Crippen LogP contribution in [0.1, 0.15) is 52.8 Å². The number of hydrogen-bond donors (Lipinski definition) is 2. The molecule has 4 rings (SSSR count). The normalized spacial score (nSPS) is 18.6. The largest absolute Gasteiger partial charge is 0.465 e. The highest BCUT2D eigenvalue weighted by Gasteiger charge is 2.43. The number of esters is 1. The van der Waals surface area contributed by atoms with E-state index in [9.17, 15) is 9.59 Å². The fourth-order valence-electron chi connectivity index (χ4n) is 4.01. The Balaban J connectivity index is 1.95. The molecule has 1 amide bonds. The highest BCUT2D eigenvalue weighted by molar-refractivity contribution is 6.18. The summed E-state index contributed by atoms with van der Waals surface area (Å²) in [4.78, 5) is 25.3. The molecule has 124 valence electrons. The number of hydrogen-bond acceptors (Lipinski definition) is 4. The molecule has 4 aliphatic rings. The molecule has 5 heteroatoms. The predicted molar refractivity (Wildman–Crippen MR) is 91.3 cm³/mol. The van der Waals surface area contributed by atoms with Crippen molar-refractivity contribution in [3.63, 3.8) is 0 Å². The molecule has 1 saturated carbocycles. The minimum atomic E-state index is -0.447. The van der Waals surface area contributed by atoms with E-state index >= 15 is 0 Å². The number of ether oxygens (including phenoxy) is 1. The maximum Gasteiger partial charge on any atom is 0.340 e. The maximum absolute atomic E-state index is 12.9. The first-order valence-corrected chi connectivity index (χ1v) is 8.39. The molecule has 0 aromatic carbocycles. The number of carbonyl (C=O) groups excluding carboxylic acids is 2. The van der Waals surface area contributed by atoms with Crippen LogP contribution >= 0.6 is 0 Å². The molecule has 0 unspecified atom stereocenters. The molecule has 0 saturated heterocycles. The van der Waals surface area contributed by atoms with Crippen molar-refractivity contribution < 1.29 is 14.3 Å². The zero-order chi connectivity index (χ0) is 16.7. The molecule has 2 N–H and O–H groups in total. The van der Waals surface area contributed by atoms with Gasteiger partial charge in [0.2, 0.25) is 0 Å². The van der Waals surface area contributed by atoms with Crippen LogP contribution in [0.25, 0.3) is 11.1 Å². The van der Waals surface area contributed by atoms with E-state index in [0.717, 1.165) is 36.8 Å². The third-order valence-corrected chi connectivity index (χ3v) is 5.12. The fourth-order valence-corrected chi connectivity index (χ4v) is 4.01. The monoisotopic (exact) mass is 324 g/mol. The number of rotatable bonds is 1. The highest BCUT2D eigenvalue weighted by atomic mass is 16.5. The van der Waals surface area contributed by atoms with Crippen LogP contribution in [-0.2, 0) is 4.74 Å². The molecule has 0 radical (unpaired) electrons. The van der Waals surface area contributed by atoms with Gasteiger partial charge in [0.15, 0.2) is 0 Å². The first-order valence-electron chi connectivity index (χ1n) is 8.39. The van der Waals surface area contributed by atoms with Crippen molar-refractivity contribution in [3.8, 4) is 11.1 Å². The van der Waals surface area contributed by atoms with Gasteiger partial charge in [0.1, 0.15) is 5.66 Å². The molecule has 0 atom stereocenters. The number of anilines is 1. The van der Waals surface area contributed by atoms with Gasteiger partial charge in [-0.1, -0.05) is 36.8 Å². The van der Waals surface area contributed by atoms with Crippen molar-refractivity contribution in [1.82, 2.24) is 5.32 Å². The predicted octanol–water partition coefficient (Wildman–Crippen LogP) is 3.39. The van der Waals surface area contributed by atoms with Gasteiger partial charge in [0, 0.05) is 0 Å². The summed E-state index contributed by atoms with van der Waals surface area (Å²) < 4.78 is 5.00. The van der Waals surface area contributed by atoms with Gasteiger partial charge in [-0.2, -0.15) is 0 Å². The molecular weight excluding hydrogens is 304 g/mol. The van der Waals surface area contributed by atoms with Gasteiger partial charge >= 0.3 is 5.97 Å². The topological polar surface area (TPSA) is 67.4 Å². The van der Waals surface area contributed by atoms with Crippen LogP contribution in [0.5, 0.6) is 0 Å². The van der Waals surface area contributed by atoms with Crippen LogP contribution in [0, 0.1) is 0 Å². The van der Waals surface area contributed by atoms with Crippen LogP contribution in [0.3, 0.4) is 0 Å². The number of nitrogens with one attached hydrogen (secondary N) is 2. The van der Waals surface area contributed by atoms with Crippen molar-refractivity contribution in [1.29, 1.82) is 0 Å². The second-order valence-corrected chi connectivity index (χ2v) is 6.58. The van der Waals surface area contributed by atoms with E-state index in [2.05, 4.69) is 10.6 Å². The SMILES string of the molecule is COC(=O)c1c2cccccc-2c2c1NC1(CCCCC1)NC2=O. The zero-order valence-corrected chi connectivity index (χ0v) is 13.6.